The minimum Gasteiger partial charge on any atom is -0.347 e. The molecule has 6 nitrogen and oxygen atoms in total. The number of carbonyl (C=O) groups excluding carboxylic acids is 1. The zero-order valence-electron chi connectivity index (χ0n) is 20.5. The first-order valence-electron chi connectivity index (χ1n) is 11.5. The summed E-state index contributed by atoms with van der Waals surface area (Å²) in [6.45, 7) is 13.7. The lowest BCUT2D eigenvalue weighted by molar-refractivity contribution is 0.0891. The van der Waals surface area contributed by atoms with Crippen LogP contribution in [0.25, 0.3) is 0 Å². The zero-order valence-corrected chi connectivity index (χ0v) is 21.3. The van der Waals surface area contributed by atoms with Crippen molar-refractivity contribution >= 4 is 15.9 Å². The standard InChI is InChI=1S/C26H37N3O3S/c1-25(2,3)20-26(4,5)27-24(30)22-13-11-21(12-14-22)19-28-15-17-29(18-16-28)33(31,32)23-9-7-6-8-10-23/h6-14H,15-20H2,1-5H3,(H,27,30). The highest BCUT2D eigenvalue weighted by Crippen LogP contribution is 2.27. The Morgan fingerprint density at radius 2 is 1.45 bits per heavy atom. The summed E-state index contributed by atoms with van der Waals surface area (Å²) in [4.78, 5) is 15.3. The molecule has 1 N–H and O–H groups in total. The topological polar surface area (TPSA) is 69.7 Å². The Bertz CT molecular complexity index is 1030. The van der Waals surface area contributed by atoms with Gasteiger partial charge in [-0.15, -0.1) is 0 Å². The molecule has 0 bridgehead atoms. The van der Waals surface area contributed by atoms with Crippen LogP contribution in [0.3, 0.4) is 0 Å². The van der Waals surface area contributed by atoms with E-state index in [0.717, 1.165) is 18.5 Å². The fourth-order valence-corrected chi connectivity index (χ4v) is 6.08. The van der Waals surface area contributed by atoms with Crippen molar-refractivity contribution in [1.82, 2.24) is 14.5 Å². The summed E-state index contributed by atoms with van der Waals surface area (Å²) in [6.07, 6.45) is 0.885. The highest BCUT2D eigenvalue weighted by molar-refractivity contribution is 7.89. The van der Waals surface area contributed by atoms with E-state index in [1.54, 1.807) is 28.6 Å². The molecule has 2 aromatic carbocycles. The molecule has 1 heterocycles. The van der Waals surface area contributed by atoms with Gasteiger partial charge >= 0.3 is 0 Å². The SMILES string of the molecule is CC(C)(C)CC(C)(C)NC(=O)c1ccc(CN2CCN(S(=O)(=O)c3ccccc3)CC2)cc1. The van der Waals surface area contributed by atoms with Gasteiger partial charge in [0, 0.05) is 43.8 Å². The number of benzene rings is 2. The number of nitrogens with one attached hydrogen (secondary N) is 1. The van der Waals surface area contributed by atoms with Gasteiger partial charge in [0.2, 0.25) is 10.0 Å². The van der Waals surface area contributed by atoms with Crippen molar-refractivity contribution in [3.8, 4) is 0 Å². The van der Waals surface area contributed by atoms with E-state index < -0.39 is 10.0 Å². The van der Waals surface area contributed by atoms with Gasteiger partial charge in [0.1, 0.15) is 0 Å². The van der Waals surface area contributed by atoms with E-state index in [0.29, 0.717) is 36.6 Å². The minimum absolute atomic E-state index is 0.0597. The lowest BCUT2D eigenvalue weighted by atomic mass is 9.81. The third-order valence-electron chi connectivity index (χ3n) is 5.76. The van der Waals surface area contributed by atoms with Crippen LogP contribution in [0.4, 0.5) is 0 Å². The Hall–Kier alpha value is -2.22. The van der Waals surface area contributed by atoms with E-state index in [1.807, 2.05) is 30.3 Å². The third-order valence-corrected chi connectivity index (χ3v) is 7.67. The molecule has 7 heteroatoms. The van der Waals surface area contributed by atoms with Crippen LogP contribution in [0.15, 0.2) is 59.5 Å². The number of carbonyl (C=O) groups is 1. The molecule has 1 aliphatic heterocycles. The van der Waals surface area contributed by atoms with Crippen molar-refractivity contribution in [1.29, 1.82) is 0 Å². The molecule has 0 radical (unpaired) electrons. The largest absolute Gasteiger partial charge is 0.347 e. The van der Waals surface area contributed by atoms with Crippen LogP contribution < -0.4 is 5.32 Å². The van der Waals surface area contributed by atoms with Crippen molar-refractivity contribution in [2.45, 2.75) is 58.0 Å². The van der Waals surface area contributed by atoms with Crippen LogP contribution in [0.5, 0.6) is 0 Å². The Balaban J connectivity index is 1.53. The summed E-state index contributed by atoms with van der Waals surface area (Å²) in [5.41, 5.74) is 1.61. The average Bonchev–Trinajstić information content (AvgIpc) is 2.73. The van der Waals surface area contributed by atoms with Crippen molar-refractivity contribution in [2.75, 3.05) is 26.2 Å². The molecule has 0 aliphatic carbocycles. The summed E-state index contributed by atoms with van der Waals surface area (Å²) >= 11 is 0. The number of rotatable bonds is 7. The molecule has 1 aliphatic rings. The molecule has 33 heavy (non-hydrogen) atoms. The maximum absolute atomic E-state index is 12.8. The number of hydrogen-bond donors (Lipinski definition) is 1. The minimum atomic E-state index is -3.44. The number of nitrogens with zero attached hydrogens (tertiary/aromatic N) is 2. The summed E-state index contributed by atoms with van der Waals surface area (Å²) in [6, 6.07) is 16.3. The second-order valence-electron chi connectivity index (χ2n) is 10.8. The molecule has 1 fully saturated rings. The molecule has 1 saturated heterocycles. The summed E-state index contributed by atoms with van der Waals surface area (Å²) < 4.78 is 27.2. The number of sulfonamides is 1. The Kier molecular flexibility index (Phi) is 7.66. The smallest absolute Gasteiger partial charge is 0.251 e. The summed E-state index contributed by atoms with van der Waals surface area (Å²) in [5, 5.41) is 3.15. The fourth-order valence-electron chi connectivity index (χ4n) is 4.64. The predicted octanol–water partition coefficient (Wildman–Crippen LogP) is 4.14. The van der Waals surface area contributed by atoms with E-state index in [2.05, 4.69) is 44.8 Å². The van der Waals surface area contributed by atoms with Crippen molar-refractivity contribution in [3.63, 3.8) is 0 Å². The fraction of sp³-hybridized carbons (Fsp3) is 0.500. The molecule has 1 amide bonds. The van der Waals surface area contributed by atoms with Gasteiger partial charge in [-0.1, -0.05) is 51.1 Å². The average molecular weight is 472 g/mol. The summed E-state index contributed by atoms with van der Waals surface area (Å²) in [7, 11) is -3.44. The van der Waals surface area contributed by atoms with Gasteiger partial charge in [-0.25, -0.2) is 8.42 Å². The maximum atomic E-state index is 12.8. The molecule has 2 aromatic rings. The van der Waals surface area contributed by atoms with Crippen LogP contribution in [0, 0.1) is 5.41 Å². The number of piperazine rings is 1. The zero-order chi connectivity index (χ0) is 24.3. The Morgan fingerprint density at radius 3 is 2.00 bits per heavy atom. The van der Waals surface area contributed by atoms with Crippen LogP contribution in [-0.2, 0) is 16.6 Å². The monoisotopic (exact) mass is 471 g/mol. The Morgan fingerprint density at radius 1 is 0.879 bits per heavy atom. The van der Waals surface area contributed by atoms with Crippen LogP contribution in [0.1, 0.15) is 57.0 Å². The van der Waals surface area contributed by atoms with Crippen molar-refractivity contribution in [3.05, 3.63) is 65.7 Å². The van der Waals surface area contributed by atoms with Gasteiger partial charge in [0.15, 0.2) is 0 Å². The molecule has 3 rings (SSSR count). The predicted molar refractivity (Wildman–Crippen MR) is 133 cm³/mol. The highest BCUT2D eigenvalue weighted by atomic mass is 32.2. The molecular weight excluding hydrogens is 434 g/mol. The Labute approximate surface area is 199 Å². The van der Waals surface area contributed by atoms with Crippen molar-refractivity contribution in [2.24, 2.45) is 5.41 Å². The van der Waals surface area contributed by atoms with E-state index in [9.17, 15) is 13.2 Å². The second-order valence-corrected chi connectivity index (χ2v) is 12.7. The van der Waals surface area contributed by atoms with Gasteiger partial charge in [0.25, 0.3) is 5.91 Å². The number of hydrogen-bond acceptors (Lipinski definition) is 4. The molecular formula is C26H37N3O3S. The molecule has 180 valence electrons. The first-order valence-corrected chi connectivity index (χ1v) is 13.0. The molecule has 0 spiro atoms. The van der Waals surface area contributed by atoms with Gasteiger partial charge in [-0.3, -0.25) is 9.69 Å². The van der Waals surface area contributed by atoms with E-state index >= 15 is 0 Å². The van der Waals surface area contributed by atoms with Gasteiger partial charge in [0.05, 0.1) is 4.90 Å². The lowest BCUT2D eigenvalue weighted by Crippen LogP contribution is -2.48. The van der Waals surface area contributed by atoms with E-state index in [1.165, 1.54) is 0 Å². The third kappa shape index (κ3) is 7.13. The number of amides is 1. The first kappa shape index (κ1) is 25.4. The van der Waals surface area contributed by atoms with Gasteiger partial charge in [-0.2, -0.15) is 4.31 Å². The second kappa shape index (κ2) is 9.95. The van der Waals surface area contributed by atoms with Gasteiger partial charge in [-0.05, 0) is 55.5 Å². The summed E-state index contributed by atoms with van der Waals surface area (Å²) in [5.74, 6) is -0.0597. The van der Waals surface area contributed by atoms with E-state index in [4.69, 9.17) is 0 Å². The molecule has 0 saturated carbocycles. The molecule has 0 atom stereocenters. The lowest BCUT2D eigenvalue weighted by Gasteiger charge is -2.34. The normalized spacial score (nSPS) is 16.5. The quantitative estimate of drug-likeness (QED) is 0.659. The van der Waals surface area contributed by atoms with Crippen LogP contribution in [0.2, 0.25) is 0 Å². The molecule has 0 aromatic heterocycles. The highest BCUT2D eigenvalue weighted by Gasteiger charge is 2.29. The molecule has 0 unspecified atom stereocenters. The van der Waals surface area contributed by atoms with Crippen LogP contribution in [-0.4, -0.2) is 55.2 Å². The maximum Gasteiger partial charge on any atom is 0.251 e. The first-order chi connectivity index (χ1) is 15.4. The van der Waals surface area contributed by atoms with Crippen LogP contribution >= 0.6 is 0 Å². The van der Waals surface area contributed by atoms with E-state index in [-0.39, 0.29) is 16.9 Å². The van der Waals surface area contributed by atoms with Gasteiger partial charge < -0.3 is 5.32 Å². The van der Waals surface area contributed by atoms with Crippen molar-refractivity contribution < 1.29 is 13.2 Å².